The van der Waals surface area contributed by atoms with Crippen LogP contribution in [0.2, 0.25) is 0 Å². The first-order chi connectivity index (χ1) is 34.1. The highest BCUT2D eigenvalue weighted by molar-refractivity contribution is 5.94. The molecule has 0 radical (unpaired) electrons. The van der Waals surface area contributed by atoms with Crippen LogP contribution in [-0.4, -0.2) is 141 Å². The van der Waals surface area contributed by atoms with Crippen molar-refractivity contribution in [2.45, 2.75) is 101 Å². The number of fused-ring (bicyclic) bond motifs is 2. The average molecular weight is 965 g/mol. The van der Waals surface area contributed by atoms with E-state index in [1.807, 2.05) is 6.08 Å². The lowest BCUT2D eigenvalue weighted by atomic mass is 9.61. The Morgan fingerprint density at radius 3 is 1.51 bits per heavy atom. The molecule has 8 atom stereocenters. The molecule has 6 heterocycles. The molecular weight excluding hydrogens is 889 g/mol. The SMILES string of the molecule is C=CCN1CCC23C(=C(C(=O)OC)C[C@@H](CC(CCOC)C4OCCO4)C12)Nc1ccccc13.COCCC(C[C@@H]1CC(C(=O)OC)=C2Nc3ccccc3C23CCN(CC=C(C)C)C13)C1OCCO1. The van der Waals surface area contributed by atoms with Crippen molar-refractivity contribution in [1.82, 2.24) is 9.80 Å². The Kier molecular flexibility index (Phi) is 16.0. The summed E-state index contributed by atoms with van der Waals surface area (Å²) in [4.78, 5) is 31.5. The molecule has 14 heteroatoms. The van der Waals surface area contributed by atoms with Crippen LogP contribution in [0.3, 0.4) is 0 Å². The van der Waals surface area contributed by atoms with E-state index in [2.05, 4.69) is 95.5 Å². The number of hydrogen-bond donors (Lipinski definition) is 2. The molecule has 4 saturated heterocycles. The Bertz CT molecular complexity index is 2300. The second-order valence-electron chi connectivity index (χ2n) is 20.6. The predicted octanol–water partition coefficient (Wildman–Crippen LogP) is 7.73. The van der Waals surface area contributed by atoms with Crippen molar-refractivity contribution >= 4 is 23.3 Å². The Morgan fingerprint density at radius 1 is 0.686 bits per heavy atom. The number of anilines is 2. The normalized spacial score (nSPS) is 28.8. The van der Waals surface area contributed by atoms with Gasteiger partial charge in [-0.1, -0.05) is 54.1 Å². The Morgan fingerprint density at radius 2 is 1.11 bits per heavy atom. The van der Waals surface area contributed by atoms with Crippen molar-refractivity contribution in [3.63, 3.8) is 0 Å². The number of ether oxygens (including phenoxy) is 8. The molecule has 0 amide bonds. The minimum absolute atomic E-state index is 0.195. The van der Waals surface area contributed by atoms with Gasteiger partial charge in [-0.05, 0) is 100 Å². The molecule has 4 fully saturated rings. The first-order valence-corrected chi connectivity index (χ1v) is 25.7. The summed E-state index contributed by atoms with van der Waals surface area (Å²) in [6, 6.07) is 17.6. The number of rotatable bonds is 18. The number of methoxy groups -OCH3 is 4. The Hall–Kier alpha value is -4.38. The maximum atomic E-state index is 13.2. The van der Waals surface area contributed by atoms with Crippen LogP contribution in [0.15, 0.2) is 95.4 Å². The van der Waals surface area contributed by atoms with Crippen molar-refractivity contribution in [1.29, 1.82) is 0 Å². The lowest BCUT2D eigenvalue weighted by Crippen LogP contribution is -2.52. The number of esters is 2. The molecule has 8 aliphatic rings. The van der Waals surface area contributed by atoms with E-state index < -0.39 is 0 Å². The van der Waals surface area contributed by atoms with E-state index in [9.17, 15) is 9.59 Å². The van der Waals surface area contributed by atoms with Crippen LogP contribution in [0.4, 0.5) is 11.4 Å². The number of benzene rings is 2. The fourth-order valence-corrected chi connectivity index (χ4v) is 14.0. The molecule has 2 aromatic carbocycles. The van der Waals surface area contributed by atoms with Crippen LogP contribution in [0.1, 0.15) is 76.3 Å². The quantitative estimate of drug-likeness (QED) is 0.111. The summed E-state index contributed by atoms with van der Waals surface area (Å²) in [7, 11) is 6.44. The molecule has 0 bridgehead atoms. The Balaban J connectivity index is 0.000000174. The number of nitrogens with zero attached hydrogens (tertiary/aromatic N) is 2. The molecule has 2 aliphatic carbocycles. The van der Waals surface area contributed by atoms with Crippen LogP contribution in [-0.2, 0) is 58.3 Å². The second-order valence-corrected chi connectivity index (χ2v) is 20.6. The molecule has 2 spiro atoms. The summed E-state index contributed by atoms with van der Waals surface area (Å²) in [6.07, 6.45) is 10.7. The fourth-order valence-electron chi connectivity index (χ4n) is 14.0. The van der Waals surface area contributed by atoms with Crippen LogP contribution in [0, 0.1) is 23.7 Å². The second kappa shape index (κ2) is 22.2. The maximum absolute atomic E-state index is 13.2. The van der Waals surface area contributed by atoms with Crippen molar-refractivity contribution in [3.8, 4) is 0 Å². The lowest BCUT2D eigenvalue weighted by molar-refractivity contribution is -0.137. The molecule has 14 nitrogen and oxygen atoms in total. The molecular formula is C56H76N4O10. The number of allylic oxidation sites excluding steroid dienone is 1. The molecule has 2 N–H and O–H groups in total. The summed E-state index contributed by atoms with van der Waals surface area (Å²) in [5.41, 5.74) is 9.28. The number of likely N-dealkylation sites (tertiary alicyclic amines) is 2. The van der Waals surface area contributed by atoms with Crippen LogP contribution < -0.4 is 10.6 Å². The zero-order valence-electron chi connectivity index (χ0n) is 42.3. The number of nitrogens with one attached hydrogen (secondary N) is 2. The number of para-hydroxylation sites is 2. The van der Waals surface area contributed by atoms with E-state index in [1.165, 1.54) is 30.9 Å². The summed E-state index contributed by atoms with van der Waals surface area (Å²) < 4.78 is 45.4. The molecule has 380 valence electrons. The first kappa shape index (κ1) is 50.6. The van der Waals surface area contributed by atoms with Gasteiger partial charge >= 0.3 is 11.9 Å². The largest absolute Gasteiger partial charge is 0.466 e. The van der Waals surface area contributed by atoms with Gasteiger partial charge in [-0.15, -0.1) is 6.58 Å². The van der Waals surface area contributed by atoms with Gasteiger partial charge in [-0.3, -0.25) is 9.80 Å². The third-order valence-electron chi connectivity index (χ3n) is 16.7. The molecule has 0 aromatic heterocycles. The van der Waals surface area contributed by atoms with Gasteiger partial charge in [-0.25, -0.2) is 9.59 Å². The van der Waals surface area contributed by atoms with Crippen molar-refractivity contribution < 1.29 is 47.5 Å². The zero-order chi connectivity index (χ0) is 49.0. The fraction of sp³-hybridized carbons (Fsp3) is 0.607. The van der Waals surface area contributed by atoms with E-state index >= 15 is 0 Å². The summed E-state index contributed by atoms with van der Waals surface area (Å²) in [5, 5.41) is 7.33. The zero-order valence-corrected chi connectivity index (χ0v) is 42.3. The van der Waals surface area contributed by atoms with Gasteiger partial charge in [0.1, 0.15) is 0 Å². The summed E-state index contributed by atoms with van der Waals surface area (Å²) in [5.74, 6) is 0.424. The molecule has 0 saturated carbocycles. The molecule has 2 aromatic rings. The minimum Gasteiger partial charge on any atom is -0.466 e. The third-order valence-corrected chi connectivity index (χ3v) is 16.7. The molecule has 10 rings (SSSR count). The highest BCUT2D eigenvalue weighted by Gasteiger charge is 2.62. The van der Waals surface area contributed by atoms with Gasteiger partial charge in [0.2, 0.25) is 0 Å². The highest BCUT2D eigenvalue weighted by atomic mass is 16.7. The number of carbonyl (C=O) groups is 2. The van der Waals surface area contributed by atoms with Crippen molar-refractivity contribution in [2.24, 2.45) is 23.7 Å². The monoisotopic (exact) mass is 965 g/mol. The van der Waals surface area contributed by atoms with E-state index in [4.69, 9.17) is 37.9 Å². The molecule has 6 aliphatic heterocycles. The van der Waals surface area contributed by atoms with Gasteiger partial charge < -0.3 is 48.5 Å². The van der Waals surface area contributed by atoms with E-state index in [0.29, 0.717) is 52.5 Å². The van der Waals surface area contributed by atoms with Crippen LogP contribution in [0.5, 0.6) is 0 Å². The summed E-state index contributed by atoms with van der Waals surface area (Å²) >= 11 is 0. The van der Waals surface area contributed by atoms with Gasteiger partial charge in [0, 0.05) is 100 Å². The van der Waals surface area contributed by atoms with E-state index in [-0.39, 0.29) is 71.1 Å². The molecule has 6 unspecified atom stereocenters. The van der Waals surface area contributed by atoms with Crippen LogP contribution in [0.25, 0.3) is 0 Å². The standard InChI is InChI=1S/C29H40N2O5.C27H36N2O5/c1-19(2)9-12-31-13-11-29-23-7-5-6-8-24(23)30-25(29)22(27(32)34-4)18-21(26(29)31)17-20(10-14-33-3)28-35-15-16-36-28;1-4-11-29-12-10-27-21-7-5-6-8-22(21)28-23(27)20(25(30)32-3)17-19(24(27)29)16-18(9-13-31-2)26-33-14-15-34-26/h5-9,20-21,26,28,30H,10-18H2,1-4H3;4-8,18-19,24,26,28H,1,9-17H2,2-3H3/t20?,21-,26?,29?;18?,19-,24?,27?/m11/s1. The minimum atomic E-state index is -0.255. The van der Waals surface area contributed by atoms with Gasteiger partial charge in [-0.2, -0.15) is 0 Å². The number of hydrogen-bond acceptors (Lipinski definition) is 14. The maximum Gasteiger partial charge on any atom is 0.335 e. The predicted molar refractivity (Wildman–Crippen MR) is 268 cm³/mol. The lowest BCUT2D eigenvalue weighted by Gasteiger charge is -2.46. The van der Waals surface area contributed by atoms with Gasteiger partial charge in [0.05, 0.1) is 62.6 Å². The topological polar surface area (TPSA) is 139 Å². The van der Waals surface area contributed by atoms with Crippen molar-refractivity contribution in [2.75, 3.05) is 105 Å². The molecule has 70 heavy (non-hydrogen) atoms. The number of carbonyl (C=O) groups excluding carboxylic acids is 2. The first-order valence-electron chi connectivity index (χ1n) is 25.7. The average Bonchev–Trinajstić information content (AvgIpc) is 4.26. The van der Waals surface area contributed by atoms with Gasteiger partial charge in [0.25, 0.3) is 0 Å². The van der Waals surface area contributed by atoms with Crippen LogP contribution >= 0.6 is 0 Å². The van der Waals surface area contributed by atoms with E-state index in [0.717, 1.165) is 98.6 Å². The highest BCUT2D eigenvalue weighted by Crippen LogP contribution is 2.61. The third kappa shape index (κ3) is 9.32. The summed E-state index contributed by atoms with van der Waals surface area (Å²) in [6.45, 7) is 15.9. The van der Waals surface area contributed by atoms with Crippen molar-refractivity contribution in [3.05, 3.63) is 107 Å². The Labute approximate surface area is 415 Å². The smallest absolute Gasteiger partial charge is 0.335 e. The van der Waals surface area contributed by atoms with Gasteiger partial charge in [0.15, 0.2) is 12.6 Å². The van der Waals surface area contributed by atoms with E-state index in [1.54, 1.807) is 14.2 Å².